The predicted molar refractivity (Wildman–Crippen MR) is 74.5 cm³/mol. The Labute approximate surface area is 116 Å². The number of nitrogens with one attached hydrogen (secondary N) is 3. The Hall–Kier alpha value is -2.21. The highest BCUT2D eigenvalue weighted by atomic mass is 16.2. The molecule has 2 amide bonds. The van der Waals surface area contributed by atoms with Crippen molar-refractivity contribution >= 4 is 23.3 Å². The van der Waals surface area contributed by atoms with Crippen LogP contribution in [0, 0.1) is 0 Å². The number of benzene rings is 1. The second-order valence-electron chi connectivity index (χ2n) is 4.68. The highest BCUT2D eigenvalue weighted by Crippen LogP contribution is 2.11. The first-order chi connectivity index (χ1) is 9.56. The van der Waals surface area contributed by atoms with Crippen molar-refractivity contribution in [1.82, 2.24) is 10.6 Å². The minimum Gasteiger partial charge on any atom is -0.353 e. The van der Waals surface area contributed by atoms with Crippen molar-refractivity contribution in [3.63, 3.8) is 0 Å². The van der Waals surface area contributed by atoms with Gasteiger partial charge < -0.3 is 16.0 Å². The molecule has 0 unspecified atom stereocenters. The summed E-state index contributed by atoms with van der Waals surface area (Å²) < 4.78 is 0. The Morgan fingerprint density at radius 2 is 1.95 bits per heavy atom. The van der Waals surface area contributed by atoms with Crippen LogP contribution in [0.25, 0.3) is 0 Å². The molecule has 1 heterocycles. The van der Waals surface area contributed by atoms with Gasteiger partial charge in [-0.2, -0.15) is 0 Å². The summed E-state index contributed by atoms with van der Waals surface area (Å²) in [6.07, 6.45) is 0.0836. The summed E-state index contributed by atoms with van der Waals surface area (Å²) in [7, 11) is 0. The summed E-state index contributed by atoms with van der Waals surface area (Å²) in [5.74, 6) is -0.417. The minimum absolute atomic E-state index is 0.0223. The maximum Gasteiger partial charge on any atom is 0.237 e. The third-order valence-electron chi connectivity index (χ3n) is 3.10. The summed E-state index contributed by atoms with van der Waals surface area (Å²) in [4.78, 5) is 34.5. The van der Waals surface area contributed by atoms with Crippen LogP contribution in [-0.2, 0) is 9.59 Å². The maximum atomic E-state index is 11.8. The SMILES string of the molecule is CC(=O)c1ccc(NC(=O)C[C@@H]2NCCNC2=O)cc1. The zero-order chi connectivity index (χ0) is 14.5. The van der Waals surface area contributed by atoms with E-state index in [2.05, 4.69) is 16.0 Å². The van der Waals surface area contributed by atoms with Gasteiger partial charge in [0, 0.05) is 24.3 Å². The molecular weight excluding hydrogens is 258 g/mol. The van der Waals surface area contributed by atoms with Gasteiger partial charge >= 0.3 is 0 Å². The molecule has 0 aliphatic carbocycles. The lowest BCUT2D eigenvalue weighted by Gasteiger charge is -2.22. The fraction of sp³-hybridized carbons (Fsp3) is 0.357. The van der Waals surface area contributed by atoms with Gasteiger partial charge in [0.25, 0.3) is 0 Å². The summed E-state index contributed by atoms with van der Waals surface area (Å²) >= 11 is 0. The van der Waals surface area contributed by atoms with Crippen LogP contribution in [0.15, 0.2) is 24.3 Å². The Kier molecular flexibility index (Phi) is 4.47. The van der Waals surface area contributed by atoms with E-state index in [4.69, 9.17) is 0 Å². The number of carbonyl (C=O) groups is 3. The van der Waals surface area contributed by atoms with Gasteiger partial charge in [0.2, 0.25) is 11.8 Å². The number of rotatable bonds is 4. The van der Waals surface area contributed by atoms with Crippen LogP contribution >= 0.6 is 0 Å². The normalized spacial score (nSPS) is 18.2. The van der Waals surface area contributed by atoms with Gasteiger partial charge in [0.1, 0.15) is 0 Å². The van der Waals surface area contributed by atoms with E-state index in [1.54, 1.807) is 24.3 Å². The minimum atomic E-state index is -0.486. The molecule has 1 atom stereocenters. The first kappa shape index (κ1) is 14.2. The molecule has 2 rings (SSSR count). The third kappa shape index (κ3) is 3.64. The molecule has 0 saturated carbocycles. The largest absolute Gasteiger partial charge is 0.353 e. The molecule has 1 saturated heterocycles. The number of hydrogen-bond acceptors (Lipinski definition) is 4. The van der Waals surface area contributed by atoms with Crippen molar-refractivity contribution in [2.75, 3.05) is 18.4 Å². The van der Waals surface area contributed by atoms with Crippen LogP contribution in [0.5, 0.6) is 0 Å². The van der Waals surface area contributed by atoms with E-state index in [0.717, 1.165) is 0 Å². The summed E-state index contributed by atoms with van der Waals surface area (Å²) in [5, 5.41) is 8.40. The fourth-order valence-electron chi connectivity index (χ4n) is 2.00. The lowest BCUT2D eigenvalue weighted by Crippen LogP contribution is -2.53. The number of anilines is 1. The van der Waals surface area contributed by atoms with E-state index in [-0.39, 0.29) is 24.0 Å². The quantitative estimate of drug-likeness (QED) is 0.690. The Morgan fingerprint density at radius 3 is 2.55 bits per heavy atom. The zero-order valence-electron chi connectivity index (χ0n) is 11.2. The first-order valence-corrected chi connectivity index (χ1v) is 6.48. The van der Waals surface area contributed by atoms with E-state index in [9.17, 15) is 14.4 Å². The van der Waals surface area contributed by atoms with Crippen molar-refractivity contribution in [1.29, 1.82) is 0 Å². The molecule has 20 heavy (non-hydrogen) atoms. The zero-order valence-corrected chi connectivity index (χ0v) is 11.2. The lowest BCUT2D eigenvalue weighted by atomic mass is 10.1. The maximum absolute atomic E-state index is 11.8. The molecule has 0 radical (unpaired) electrons. The van der Waals surface area contributed by atoms with E-state index in [1.165, 1.54) is 6.92 Å². The molecule has 1 aromatic carbocycles. The van der Waals surface area contributed by atoms with Crippen molar-refractivity contribution in [2.24, 2.45) is 0 Å². The van der Waals surface area contributed by atoms with E-state index in [1.807, 2.05) is 0 Å². The molecule has 0 aromatic heterocycles. The number of Topliss-reactive ketones (excluding diaryl/α,β-unsaturated/α-hetero) is 1. The molecule has 6 nitrogen and oxygen atoms in total. The van der Waals surface area contributed by atoms with Crippen LogP contribution in [0.1, 0.15) is 23.7 Å². The molecule has 1 fully saturated rings. The molecule has 6 heteroatoms. The van der Waals surface area contributed by atoms with Crippen molar-refractivity contribution in [3.05, 3.63) is 29.8 Å². The standard InChI is InChI=1S/C14H17N3O3/c1-9(18)10-2-4-11(5-3-10)17-13(19)8-12-14(20)16-7-6-15-12/h2-5,12,15H,6-8H2,1H3,(H,16,20)(H,17,19)/t12-/m0/s1. The number of piperazine rings is 1. The highest BCUT2D eigenvalue weighted by molar-refractivity contribution is 5.97. The van der Waals surface area contributed by atoms with E-state index < -0.39 is 6.04 Å². The van der Waals surface area contributed by atoms with Gasteiger partial charge in [0.05, 0.1) is 12.5 Å². The number of amides is 2. The van der Waals surface area contributed by atoms with Gasteiger partial charge in [0.15, 0.2) is 5.78 Å². The molecular formula is C14H17N3O3. The predicted octanol–water partition coefficient (Wildman–Crippen LogP) is 0.306. The summed E-state index contributed by atoms with van der Waals surface area (Å²) in [5.41, 5.74) is 1.20. The van der Waals surface area contributed by atoms with Crippen LogP contribution in [-0.4, -0.2) is 36.7 Å². The Balaban J connectivity index is 1.90. The van der Waals surface area contributed by atoms with Gasteiger partial charge in [-0.1, -0.05) is 0 Å². The topological polar surface area (TPSA) is 87.3 Å². The number of carbonyl (C=O) groups excluding carboxylic acids is 3. The van der Waals surface area contributed by atoms with Crippen LogP contribution < -0.4 is 16.0 Å². The number of hydrogen-bond donors (Lipinski definition) is 3. The van der Waals surface area contributed by atoms with E-state index >= 15 is 0 Å². The summed E-state index contributed by atoms with van der Waals surface area (Å²) in [6, 6.07) is 6.17. The lowest BCUT2D eigenvalue weighted by molar-refractivity contribution is -0.127. The molecule has 106 valence electrons. The Bertz CT molecular complexity index is 525. The molecule has 1 aliphatic rings. The Morgan fingerprint density at radius 1 is 1.25 bits per heavy atom. The van der Waals surface area contributed by atoms with Crippen LogP contribution in [0.2, 0.25) is 0 Å². The van der Waals surface area contributed by atoms with Gasteiger partial charge in [-0.05, 0) is 31.2 Å². The summed E-state index contributed by atoms with van der Waals surface area (Å²) in [6.45, 7) is 2.74. The molecule has 1 aromatic rings. The third-order valence-corrected chi connectivity index (χ3v) is 3.10. The molecule has 3 N–H and O–H groups in total. The second kappa shape index (κ2) is 6.29. The van der Waals surface area contributed by atoms with Gasteiger partial charge in [-0.3, -0.25) is 14.4 Å². The molecule has 0 bridgehead atoms. The second-order valence-corrected chi connectivity index (χ2v) is 4.68. The van der Waals surface area contributed by atoms with Crippen molar-refractivity contribution in [2.45, 2.75) is 19.4 Å². The van der Waals surface area contributed by atoms with E-state index in [0.29, 0.717) is 24.3 Å². The molecule has 1 aliphatic heterocycles. The van der Waals surface area contributed by atoms with Crippen LogP contribution in [0.4, 0.5) is 5.69 Å². The smallest absolute Gasteiger partial charge is 0.237 e. The monoisotopic (exact) mass is 275 g/mol. The average molecular weight is 275 g/mol. The van der Waals surface area contributed by atoms with Gasteiger partial charge in [-0.25, -0.2) is 0 Å². The van der Waals surface area contributed by atoms with Crippen molar-refractivity contribution < 1.29 is 14.4 Å². The molecule has 0 spiro atoms. The van der Waals surface area contributed by atoms with Gasteiger partial charge in [-0.15, -0.1) is 0 Å². The fourth-order valence-corrected chi connectivity index (χ4v) is 2.00. The number of ketones is 1. The highest BCUT2D eigenvalue weighted by Gasteiger charge is 2.23. The van der Waals surface area contributed by atoms with Crippen LogP contribution in [0.3, 0.4) is 0 Å². The van der Waals surface area contributed by atoms with Crippen molar-refractivity contribution in [3.8, 4) is 0 Å². The average Bonchev–Trinajstić information content (AvgIpc) is 2.42. The first-order valence-electron chi connectivity index (χ1n) is 6.48.